The second-order valence-electron chi connectivity index (χ2n) is 7.58. The number of hydrogen-bond donors (Lipinski definition) is 3. The van der Waals surface area contributed by atoms with Crippen LogP contribution in [-0.2, 0) is 12.6 Å². The molecule has 2 saturated heterocycles. The van der Waals surface area contributed by atoms with Crippen molar-refractivity contribution in [2.75, 3.05) is 13.6 Å². The van der Waals surface area contributed by atoms with Gasteiger partial charge in [-0.25, -0.2) is 4.79 Å². The van der Waals surface area contributed by atoms with Gasteiger partial charge >= 0.3 is 6.03 Å². The van der Waals surface area contributed by atoms with E-state index >= 15 is 0 Å². The van der Waals surface area contributed by atoms with Crippen LogP contribution >= 0.6 is 0 Å². The summed E-state index contributed by atoms with van der Waals surface area (Å²) in [4.78, 5) is 14.7. The molecule has 2 aliphatic rings. The fourth-order valence-corrected chi connectivity index (χ4v) is 4.02. The third-order valence-electron chi connectivity index (χ3n) is 5.59. The van der Waals surface area contributed by atoms with Crippen molar-refractivity contribution in [1.82, 2.24) is 25.3 Å². The minimum atomic E-state index is -1.13. The van der Waals surface area contributed by atoms with E-state index in [1.54, 1.807) is 31.0 Å². The van der Waals surface area contributed by atoms with Crippen molar-refractivity contribution in [2.45, 2.75) is 62.8 Å². The number of piperidine rings is 2. The lowest BCUT2D eigenvalue weighted by Crippen LogP contribution is -2.56. The van der Waals surface area contributed by atoms with Gasteiger partial charge in [-0.05, 0) is 39.7 Å². The molecule has 2 bridgehead atoms. The van der Waals surface area contributed by atoms with Gasteiger partial charge in [-0.2, -0.15) is 5.10 Å². The van der Waals surface area contributed by atoms with Gasteiger partial charge in [-0.3, -0.25) is 4.68 Å². The molecule has 2 fully saturated rings. The summed E-state index contributed by atoms with van der Waals surface area (Å²) in [5.74, 6) is 0. The molecule has 0 aliphatic carbocycles. The van der Waals surface area contributed by atoms with Crippen LogP contribution in [0.1, 0.15) is 44.6 Å². The lowest BCUT2D eigenvalue weighted by Gasteiger charge is -2.47. The quantitative estimate of drug-likeness (QED) is 0.765. The molecule has 0 saturated carbocycles. The standard InChI is InChI=1S/C17H29N5O2/c1-17(24,12-9-19-21(2)10-12)11-18-16(23)20-13-7-14-5-4-6-15(8-13)22(14)3/h9-10,13-15,24H,4-8,11H2,1-3H3,(H2,18,20,23). The Morgan fingerprint density at radius 2 is 2.04 bits per heavy atom. The Labute approximate surface area is 143 Å². The maximum Gasteiger partial charge on any atom is 0.315 e. The second kappa shape index (κ2) is 6.72. The van der Waals surface area contributed by atoms with Gasteiger partial charge in [-0.1, -0.05) is 6.42 Å². The van der Waals surface area contributed by atoms with Crippen molar-refractivity contribution in [3.05, 3.63) is 18.0 Å². The van der Waals surface area contributed by atoms with E-state index in [1.807, 2.05) is 0 Å². The zero-order valence-electron chi connectivity index (χ0n) is 14.8. The molecule has 3 N–H and O–H groups in total. The molecule has 3 heterocycles. The topological polar surface area (TPSA) is 82.4 Å². The van der Waals surface area contributed by atoms with Crippen LogP contribution < -0.4 is 10.6 Å². The Balaban J connectivity index is 1.49. The van der Waals surface area contributed by atoms with Crippen molar-refractivity contribution in [3.63, 3.8) is 0 Å². The highest BCUT2D eigenvalue weighted by Gasteiger charge is 2.36. The van der Waals surface area contributed by atoms with Crippen molar-refractivity contribution in [2.24, 2.45) is 7.05 Å². The Bertz CT molecular complexity index is 571. The highest BCUT2D eigenvalue weighted by Crippen LogP contribution is 2.32. The molecule has 1 aromatic heterocycles. The number of nitrogens with zero attached hydrogens (tertiary/aromatic N) is 3. The number of carbonyl (C=O) groups is 1. The van der Waals surface area contributed by atoms with E-state index in [1.165, 1.54) is 19.3 Å². The molecule has 0 radical (unpaired) electrons. The lowest BCUT2D eigenvalue weighted by molar-refractivity contribution is 0.0482. The van der Waals surface area contributed by atoms with Crippen LogP contribution in [0.3, 0.4) is 0 Å². The van der Waals surface area contributed by atoms with Gasteiger partial charge in [-0.15, -0.1) is 0 Å². The smallest absolute Gasteiger partial charge is 0.315 e. The van der Waals surface area contributed by atoms with E-state index < -0.39 is 5.60 Å². The summed E-state index contributed by atoms with van der Waals surface area (Å²) in [5.41, 5.74) is -0.436. The first-order valence-electron chi connectivity index (χ1n) is 8.83. The molecular formula is C17H29N5O2. The molecule has 7 heteroatoms. The Kier molecular flexibility index (Phi) is 4.83. The van der Waals surface area contributed by atoms with E-state index in [-0.39, 0.29) is 18.6 Å². The summed E-state index contributed by atoms with van der Waals surface area (Å²) in [5, 5.41) is 20.5. The maximum atomic E-state index is 12.2. The number of urea groups is 1. The van der Waals surface area contributed by atoms with Gasteiger partial charge in [0.15, 0.2) is 0 Å². The molecule has 0 aromatic carbocycles. The summed E-state index contributed by atoms with van der Waals surface area (Å²) < 4.78 is 1.64. The molecule has 2 aliphatic heterocycles. The van der Waals surface area contributed by atoms with Crippen LogP contribution in [0, 0.1) is 0 Å². The predicted molar refractivity (Wildman–Crippen MR) is 91.5 cm³/mol. The van der Waals surface area contributed by atoms with E-state index in [0.29, 0.717) is 17.6 Å². The highest BCUT2D eigenvalue weighted by molar-refractivity contribution is 5.74. The largest absolute Gasteiger partial charge is 0.383 e. The number of carbonyl (C=O) groups excluding carboxylic acids is 1. The van der Waals surface area contributed by atoms with Gasteiger partial charge in [0.1, 0.15) is 5.60 Å². The normalized spacial score (nSPS) is 29.8. The summed E-state index contributed by atoms with van der Waals surface area (Å²) in [7, 11) is 4.01. The van der Waals surface area contributed by atoms with E-state index in [0.717, 1.165) is 12.8 Å². The monoisotopic (exact) mass is 335 g/mol. The molecule has 3 unspecified atom stereocenters. The molecular weight excluding hydrogens is 306 g/mol. The SMILES string of the molecule is CN1C2CCCC1CC(NC(=O)NCC(C)(O)c1cnn(C)c1)C2. The van der Waals surface area contributed by atoms with Crippen molar-refractivity contribution in [3.8, 4) is 0 Å². The average molecular weight is 335 g/mol. The van der Waals surface area contributed by atoms with E-state index in [2.05, 4.69) is 27.7 Å². The van der Waals surface area contributed by atoms with Gasteiger partial charge in [0, 0.05) is 36.9 Å². The number of aliphatic hydroxyl groups is 1. The lowest BCUT2D eigenvalue weighted by atomic mass is 9.82. The predicted octanol–water partition coefficient (Wildman–Crippen LogP) is 0.942. The molecule has 3 atom stereocenters. The summed E-state index contributed by atoms with van der Waals surface area (Å²) in [6.45, 7) is 1.84. The van der Waals surface area contributed by atoms with E-state index in [4.69, 9.17) is 0 Å². The first kappa shape index (κ1) is 17.2. The van der Waals surface area contributed by atoms with Crippen LogP contribution in [0.4, 0.5) is 4.79 Å². The third kappa shape index (κ3) is 3.72. The van der Waals surface area contributed by atoms with Crippen molar-refractivity contribution < 1.29 is 9.90 Å². The number of aryl methyl sites for hydroxylation is 1. The second-order valence-corrected chi connectivity index (χ2v) is 7.58. The summed E-state index contributed by atoms with van der Waals surface area (Å²) >= 11 is 0. The minimum Gasteiger partial charge on any atom is -0.383 e. The molecule has 134 valence electrons. The van der Waals surface area contributed by atoms with Gasteiger partial charge in [0.05, 0.1) is 12.7 Å². The minimum absolute atomic E-state index is 0.157. The van der Waals surface area contributed by atoms with Crippen LogP contribution in [0.5, 0.6) is 0 Å². The zero-order chi connectivity index (χ0) is 17.3. The Hall–Kier alpha value is -1.60. The molecule has 0 spiro atoms. The third-order valence-corrected chi connectivity index (χ3v) is 5.59. The number of fused-ring (bicyclic) bond motifs is 2. The fourth-order valence-electron chi connectivity index (χ4n) is 4.02. The number of amides is 2. The van der Waals surface area contributed by atoms with Crippen molar-refractivity contribution >= 4 is 6.03 Å². The fraction of sp³-hybridized carbons (Fsp3) is 0.765. The zero-order valence-corrected chi connectivity index (χ0v) is 14.8. The Morgan fingerprint density at radius 1 is 1.38 bits per heavy atom. The van der Waals surface area contributed by atoms with Gasteiger partial charge in [0.2, 0.25) is 0 Å². The van der Waals surface area contributed by atoms with Gasteiger partial charge < -0.3 is 20.6 Å². The molecule has 24 heavy (non-hydrogen) atoms. The summed E-state index contributed by atoms with van der Waals surface area (Å²) in [6.07, 6.45) is 9.16. The van der Waals surface area contributed by atoms with Crippen LogP contribution in [-0.4, -0.2) is 57.5 Å². The molecule has 3 rings (SSSR count). The number of hydrogen-bond acceptors (Lipinski definition) is 4. The molecule has 7 nitrogen and oxygen atoms in total. The first-order valence-corrected chi connectivity index (χ1v) is 8.83. The number of rotatable bonds is 4. The van der Waals surface area contributed by atoms with Crippen LogP contribution in [0.15, 0.2) is 12.4 Å². The average Bonchev–Trinajstić information content (AvgIpc) is 2.94. The molecule has 1 aromatic rings. The maximum absolute atomic E-state index is 12.2. The van der Waals surface area contributed by atoms with Crippen LogP contribution in [0.2, 0.25) is 0 Å². The van der Waals surface area contributed by atoms with Crippen LogP contribution in [0.25, 0.3) is 0 Å². The summed E-state index contributed by atoms with van der Waals surface area (Å²) in [6, 6.07) is 1.19. The van der Waals surface area contributed by atoms with Crippen molar-refractivity contribution in [1.29, 1.82) is 0 Å². The number of nitrogens with one attached hydrogen (secondary N) is 2. The highest BCUT2D eigenvalue weighted by atomic mass is 16.3. The molecule has 2 amide bonds. The Morgan fingerprint density at radius 3 is 2.62 bits per heavy atom. The number of aromatic nitrogens is 2. The van der Waals surface area contributed by atoms with E-state index in [9.17, 15) is 9.90 Å². The first-order chi connectivity index (χ1) is 11.3. The van der Waals surface area contributed by atoms with Gasteiger partial charge in [0.25, 0.3) is 0 Å².